The molecule has 2 aromatic heterocycles. The van der Waals surface area contributed by atoms with Crippen molar-refractivity contribution >= 4 is 27.4 Å². The Balaban J connectivity index is 1.99. The van der Waals surface area contributed by atoms with Crippen molar-refractivity contribution in [3.05, 3.63) is 17.3 Å². The van der Waals surface area contributed by atoms with Gasteiger partial charge in [0.2, 0.25) is 0 Å². The molecule has 0 aliphatic heterocycles. The maximum absolute atomic E-state index is 9.47. The average molecular weight is 305 g/mol. The topological polar surface area (TPSA) is 49.2 Å². The van der Waals surface area contributed by atoms with Gasteiger partial charge in [-0.3, -0.25) is 0 Å². The minimum atomic E-state index is 0.173. The third-order valence-corrected chi connectivity index (χ3v) is 5.52. The van der Waals surface area contributed by atoms with Crippen molar-refractivity contribution in [1.82, 2.24) is 9.97 Å². The second kappa shape index (κ2) is 6.71. The van der Waals surface area contributed by atoms with Crippen LogP contribution < -0.4 is 4.90 Å². The lowest BCUT2D eigenvalue weighted by Crippen LogP contribution is -2.39. The molecule has 5 heteroatoms. The minimum Gasteiger partial charge on any atom is -0.395 e. The molecule has 0 aromatic carbocycles. The number of aliphatic hydroxyl groups excluding tert-OH is 1. The first-order valence-electron chi connectivity index (χ1n) is 7.94. The number of fused-ring (bicyclic) bond motifs is 1. The van der Waals surface area contributed by atoms with Crippen LogP contribution in [0.1, 0.15) is 43.9 Å². The Kier molecular flexibility index (Phi) is 4.70. The molecular weight excluding hydrogens is 282 g/mol. The van der Waals surface area contributed by atoms with E-state index in [0.717, 1.165) is 22.5 Å². The van der Waals surface area contributed by atoms with Crippen LogP contribution in [-0.2, 0) is 6.42 Å². The number of thiophene rings is 1. The summed E-state index contributed by atoms with van der Waals surface area (Å²) in [5.74, 6) is 1.01. The fourth-order valence-corrected chi connectivity index (χ4v) is 4.19. The van der Waals surface area contributed by atoms with Crippen LogP contribution >= 0.6 is 11.3 Å². The Hall–Kier alpha value is -1.20. The Morgan fingerprint density at radius 2 is 2.10 bits per heavy atom. The Labute approximate surface area is 129 Å². The van der Waals surface area contributed by atoms with Crippen LogP contribution in [0, 0.1) is 0 Å². The zero-order chi connectivity index (χ0) is 14.7. The summed E-state index contributed by atoms with van der Waals surface area (Å²) in [6, 6.07) is 2.73. The second-order valence-electron chi connectivity index (χ2n) is 5.69. The third-order valence-electron chi connectivity index (χ3n) is 4.34. The van der Waals surface area contributed by atoms with Gasteiger partial charge in [-0.25, -0.2) is 9.97 Å². The van der Waals surface area contributed by atoms with Crippen molar-refractivity contribution in [3.63, 3.8) is 0 Å². The number of hydrogen-bond acceptors (Lipinski definition) is 5. The molecule has 1 aliphatic rings. The smallest absolute Gasteiger partial charge is 0.141 e. The molecule has 0 spiro atoms. The van der Waals surface area contributed by atoms with E-state index in [1.807, 2.05) is 0 Å². The van der Waals surface area contributed by atoms with Gasteiger partial charge >= 0.3 is 0 Å². The maximum Gasteiger partial charge on any atom is 0.141 e. The van der Waals surface area contributed by atoms with Gasteiger partial charge in [-0.15, -0.1) is 11.3 Å². The zero-order valence-corrected chi connectivity index (χ0v) is 13.4. The van der Waals surface area contributed by atoms with E-state index in [2.05, 4.69) is 27.9 Å². The van der Waals surface area contributed by atoms with E-state index < -0.39 is 0 Å². The third kappa shape index (κ3) is 3.04. The van der Waals surface area contributed by atoms with Crippen molar-refractivity contribution in [2.45, 2.75) is 51.5 Å². The van der Waals surface area contributed by atoms with Crippen LogP contribution in [0.15, 0.2) is 12.4 Å². The van der Waals surface area contributed by atoms with Crippen molar-refractivity contribution in [2.24, 2.45) is 0 Å². The summed E-state index contributed by atoms with van der Waals surface area (Å²) in [4.78, 5) is 13.7. The lowest BCUT2D eigenvalue weighted by molar-refractivity contribution is 0.289. The van der Waals surface area contributed by atoms with Gasteiger partial charge in [-0.05, 0) is 25.3 Å². The highest BCUT2D eigenvalue weighted by molar-refractivity contribution is 7.18. The number of nitrogens with zero attached hydrogens (tertiary/aromatic N) is 3. The van der Waals surface area contributed by atoms with Crippen LogP contribution in [0.2, 0.25) is 0 Å². The van der Waals surface area contributed by atoms with Crippen molar-refractivity contribution in [2.75, 3.05) is 18.1 Å². The molecule has 0 radical (unpaired) electrons. The summed E-state index contributed by atoms with van der Waals surface area (Å²) in [5.41, 5.74) is 0. The van der Waals surface area contributed by atoms with E-state index in [4.69, 9.17) is 0 Å². The highest BCUT2D eigenvalue weighted by atomic mass is 32.1. The zero-order valence-electron chi connectivity index (χ0n) is 12.6. The first-order valence-corrected chi connectivity index (χ1v) is 8.76. The van der Waals surface area contributed by atoms with E-state index in [9.17, 15) is 5.11 Å². The van der Waals surface area contributed by atoms with E-state index in [1.54, 1.807) is 17.7 Å². The standard InChI is InChI=1S/C16H23N3OS/c1-2-13-10-14-15(17-11-18-16(14)21-13)19(8-9-20)12-6-4-3-5-7-12/h10-12,20H,2-9H2,1H3. The molecule has 1 aliphatic carbocycles. The van der Waals surface area contributed by atoms with Gasteiger partial charge in [0.25, 0.3) is 0 Å². The SMILES string of the molecule is CCc1cc2c(N(CCO)C3CCCCC3)ncnc2s1. The van der Waals surface area contributed by atoms with E-state index >= 15 is 0 Å². The van der Waals surface area contributed by atoms with Gasteiger partial charge in [0, 0.05) is 17.5 Å². The molecule has 0 bridgehead atoms. The summed E-state index contributed by atoms with van der Waals surface area (Å²) in [7, 11) is 0. The largest absolute Gasteiger partial charge is 0.395 e. The predicted octanol–water partition coefficient (Wildman–Crippen LogP) is 3.39. The summed E-state index contributed by atoms with van der Waals surface area (Å²) in [6.07, 6.45) is 9.01. The van der Waals surface area contributed by atoms with E-state index in [1.165, 1.54) is 37.0 Å². The molecule has 1 saturated carbocycles. The van der Waals surface area contributed by atoms with Gasteiger partial charge in [-0.1, -0.05) is 26.2 Å². The molecular formula is C16H23N3OS. The molecule has 2 heterocycles. The van der Waals surface area contributed by atoms with Crippen molar-refractivity contribution in [1.29, 1.82) is 0 Å². The molecule has 1 N–H and O–H groups in total. The van der Waals surface area contributed by atoms with Crippen LogP contribution in [0.5, 0.6) is 0 Å². The van der Waals surface area contributed by atoms with Gasteiger partial charge in [-0.2, -0.15) is 0 Å². The highest BCUT2D eigenvalue weighted by Gasteiger charge is 2.24. The number of aromatic nitrogens is 2. The average Bonchev–Trinajstić information content (AvgIpc) is 2.97. The quantitative estimate of drug-likeness (QED) is 0.920. The molecule has 21 heavy (non-hydrogen) atoms. The summed E-state index contributed by atoms with van der Waals surface area (Å²) < 4.78 is 0. The first-order chi connectivity index (χ1) is 10.3. The number of anilines is 1. The number of rotatable bonds is 5. The number of hydrogen-bond donors (Lipinski definition) is 1. The van der Waals surface area contributed by atoms with Crippen LogP contribution in [0.4, 0.5) is 5.82 Å². The summed E-state index contributed by atoms with van der Waals surface area (Å²) in [6.45, 7) is 3.01. The fraction of sp³-hybridized carbons (Fsp3) is 0.625. The van der Waals surface area contributed by atoms with Crippen molar-refractivity contribution in [3.8, 4) is 0 Å². The molecule has 0 amide bonds. The first kappa shape index (κ1) is 14.7. The van der Waals surface area contributed by atoms with Gasteiger partial charge in [0.05, 0.1) is 12.0 Å². The Morgan fingerprint density at radius 1 is 1.29 bits per heavy atom. The fourth-order valence-electron chi connectivity index (χ4n) is 3.26. The minimum absolute atomic E-state index is 0.173. The highest BCUT2D eigenvalue weighted by Crippen LogP contribution is 2.33. The molecule has 1 fully saturated rings. The van der Waals surface area contributed by atoms with Gasteiger partial charge in [0.15, 0.2) is 0 Å². The lowest BCUT2D eigenvalue weighted by Gasteiger charge is -2.35. The molecule has 4 nitrogen and oxygen atoms in total. The summed E-state index contributed by atoms with van der Waals surface area (Å²) in [5, 5.41) is 10.6. The maximum atomic E-state index is 9.47. The van der Waals surface area contributed by atoms with E-state index in [-0.39, 0.29) is 6.61 Å². The van der Waals surface area contributed by atoms with Crippen LogP contribution in [0.25, 0.3) is 10.2 Å². The molecule has 3 rings (SSSR count). The lowest BCUT2D eigenvalue weighted by atomic mass is 9.94. The molecule has 0 atom stereocenters. The molecule has 0 saturated heterocycles. The van der Waals surface area contributed by atoms with Crippen LogP contribution in [0.3, 0.4) is 0 Å². The Morgan fingerprint density at radius 3 is 2.81 bits per heavy atom. The van der Waals surface area contributed by atoms with Gasteiger partial charge < -0.3 is 10.0 Å². The predicted molar refractivity (Wildman–Crippen MR) is 88.1 cm³/mol. The number of aryl methyl sites for hydroxylation is 1. The molecule has 0 unspecified atom stereocenters. The van der Waals surface area contributed by atoms with Crippen LogP contribution in [-0.4, -0.2) is 34.3 Å². The molecule has 114 valence electrons. The Bertz CT molecular complexity index is 592. The summed E-state index contributed by atoms with van der Waals surface area (Å²) >= 11 is 1.75. The van der Waals surface area contributed by atoms with Gasteiger partial charge in [0.1, 0.15) is 17.0 Å². The number of aliphatic hydroxyl groups is 1. The van der Waals surface area contributed by atoms with E-state index in [0.29, 0.717) is 12.6 Å². The molecule has 2 aromatic rings. The monoisotopic (exact) mass is 305 g/mol. The second-order valence-corrected chi connectivity index (χ2v) is 6.81. The van der Waals surface area contributed by atoms with Crippen molar-refractivity contribution < 1.29 is 5.11 Å². The normalized spacial score (nSPS) is 16.5.